The molecule has 5 rings (SSSR count). The first-order chi connectivity index (χ1) is 16.2. The van der Waals surface area contributed by atoms with Crippen molar-refractivity contribution < 1.29 is 18.3 Å². The summed E-state index contributed by atoms with van der Waals surface area (Å²) in [7, 11) is 0. The molecule has 9 nitrogen and oxygen atoms in total. The second-order valence-electron chi connectivity index (χ2n) is 7.36. The molecule has 0 saturated carbocycles. The van der Waals surface area contributed by atoms with Gasteiger partial charge in [-0.25, -0.2) is 13.6 Å². The van der Waals surface area contributed by atoms with Crippen molar-refractivity contribution in [3.8, 4) is 23.3 Å². The van der Waals surface area contributed by atoms with E-state index >= 15 is 4.39 Å². The van der Waals surface area contributed by atoms with Gasteiger partial charge in [0.25, 0.3) is 5.56 Å². The van der Waals surface area contributed by atoms with Crippen LogP contribution in [0.1, 0.15) is 30.0 Å². The van der Waals surface area contributed by atoms with E-state index in [1.54, 1.807) is 13.0 Å². The summed E-state index contributed by atoms with van der Waals surface area (Å²) in [5.74, 6) is -2.25. The van der Waals surface area contributed by atoms with Gasteiger partial charge >= 0.3 is 5.69 Å². The molecule has 1 atom stereocenters. The molecule has 0 bridgehead atoms. The van der Waals surface area contributed by atoms with E-state index in [1.807, 2.05) is 4.98 Å². The maximum atomic E-state index is 15.4. The van der Waals surface area contributed by atoms with Gasteiger partial charge in [-0.2, -0.15) is 9.94 Å². The van der Waals surface area contributed by atoms with Crippen LogP contribution >= 0.6 is 23.2 Å². The fourth-order valence-electron chi connectivity index (χ4n) is 3.80. The first-order valence-electron chi connectivity index (χ1n) is 9.64. The number of benzene rings is 2. The van der Waals surface area contributed by atoms with Crippen LogP contribution in [0.25, 0.3) is 16.6 Å². The monoisotopic (exact) mass is 505 g/mol. The van der Waals surface area contributed by atoms with Crippen LogP contribution in [0.4, 0.5) is 8.78 Å². The van der Waals surface area contributed by atoms with E-state index in [2.05, 4.69) is 10.1 Å². The lowest BCUT2D eigenvalue weighted by atomic mass is 10.1. The van der Waals surface area contributed by atoms with Gasteiger partial charge in [0.05, 0.1) is 34.0 Å². The number of nitriles is 1. The standard InChI is InChI=1S/C21H11Cl2F2N5O4/c1-7-15-13(6-33-7)27-18-11(24)4-14(17(25)16(15)18)34-19-9(22)2-8(3-10(19)23)30-21(32)28-20(31)12(5-26)29-30/h2-4,7,27H,6H2,1H3,(H,28,31,32). The molecule has 1 aliphatic heterocycles. The zero-order valence-electron chi connectivity index (χ0n) is 17.0. The average Bonchev–Trinajstić information content (AvgIpc) is 3.34. The highest BCUT2D eigenvalue weighted by atomic mass is 35.5. The molecule has 0 saturated heterocycles. The number of aromatic amines is 2. The predicted octanol–water partition coefficient (Wildman–Crippen LogP) is 4.24. The number of halogens is 4. The third kappa shape index (κ3) is 3.35. The zero-order valence-corrected chi connectivity index (χ0v) is 18.5. The lowest BCUT2D eigenvalue weighted by molar-refractivity contribution is 0.0788. The lowest BCUT2D eigenvalue weighted by Crippen LogP contribution is -2.33. The molecule has 2 aromatic heterocycles. The van der Waals surface area contributed by atoms with E-state index in [0.717, 1.165) is 6.07 Å². The maximum absolute atomic E-state index is 15.4. The number of hydrogen-bond donors (Lipinski definition) is 2. The van der Waals surface area contributed by atoms with Crippen molar-refractivity contribution in [1.29, 1.82) is 5.26 Å². The lowest BCUT2D eigenvalue weighted by Gasteiger charge is -2.14. The van der Waals surface area contributed by atoms with E-state index in [9.17, 15) is 14.0 Å². The first-order valence-corrected chi connectivity index (χ1v) is 10.4. The number of aromatic nitrogens is 4. The average molecular weight is 506 g/mol. The van der Waals surface area contributed by atoms with E-state index in [4.69, 9.17) is 37.9 Å². The van der Waals surface area contributed by atoms with Gasteiger partial charge in [-0.15, -0.1) is 5.10 Å². The highest BCUT2D eigenvalue weighted by molar-refractivity contribution is 6.37. The molecule has 3 heterocycles. The summed E-state index contributed by atoms with van der Waals surface area (Å²) >= 11 is 12.5. The van der Waals surface area contributed by atoms with E-state index in [1.165, 1.54) is 12.1 Å². The van der Waals surface area contributed by atoms with Gasteiger partial charge in [-0.3, -0.25) is 9.78 Å². The minimum Gasteiger partial charge on any atom is -0.451 e. The number of ether oxygens (including phenoxy) is 2. The van der Waals surface area contributed by atoms with Crippen molar-refractivity contribution in [2.75, 3.05) is 0 Å². The summed E-state index contributed by atoms with van der Waals surface area (Å²) < 4.78 is 41.9. The highest BCUT2D eigenvalue weighted by Gasteiger charge is 2.30. The molecule has 1 aliphatic rings. The van der Waals surface area contributed by atoms with Crippen LogP contribution in [0.3, 0.4) is 0 Å². The molecule has 2 aromatic carbocycles. The predicted molar refractivity (Wildman–Crippen MR) is 117 cm³/mol. The molecule has 0 aliphatic carbocycles. The fourth-order valence-corrected chi connectivity index (χ4v) is 4.35. The van der Waals surface area contributed by atoms with Crippen molar-refractivity contribution in [2.45, 2.75) is 19.6 Å². The van der Waals surface area contributed by atoms with Gasteiger partial charge in [0.15, 0.2) is 23.1 Å². The SMILES string of the molecule is CC1OCc2[nH]c3c(F)cc(Oc4c(Cl)cc(-n5nc(C#N)c(=O)[nH]c5=O)cc4Cl)c(F)c3c21. The van der Waals surface area contributed by atoms with Gasteiger partial charge in [0.2, 0.25) is 5.69 Å². The van der Waals surface area contributed by atoms with Gasteiger partial charge < -0.3 is 14.5 Å². The van der Waals surface area contributed by atoms with Crippen LogP contribution in [0.5, 0.6) is 11.5 Å². The maximum Gasteiger partial charge on any atom is 0.349 e. The Balaban J connectivity index is 1.60. The first kappa shape index (κ1) is 22.1. The normalized spacial score (nSPS) is 14.9. The Hall–Kier alpha value is -3.72. The summed E-state index contributed by atoms with van der Waals surface area (Å²) in [4.78, 5) is 28.5. The van der Waals surface area contributed by atoms with Crippen LogP contribution < -0.4 is 16.0 Å². The Morgan fingerprint density at radius 1 is 1.24 bits per heavy atom. The van der Waals surface area contributed by atoms with Crippen molar-refractivity contribution in [3.05, 3.63) is 77.7 Å². The Morgan fingerprint density at radius 3 is 2.62 bits per heavy atom. The Bertz CT molecular complexity index is 1650. The van der Waals surface area contributed by atoms with Crippen LogP contribution in [-0.4, -0.2) is 19.7 Å². The third-order valence-electron chi connectivity index (χ3n) is 5.31. The third-order valence-corrected chi connectivity index (χ3v) is 5.87. The minimum absolute atomic E-state index is 0.00312. The summed E-state index contributed by atoms with van der Waals surface area (Å²) in [6.07, 6.45) is -0.444. The Morgan fingerprint density at radius 2 is 1.94 bits per heavy atom. The van der Waals surface area contributed by atoms with Gasteiger partial charge in [0.1, 0.15) is 6.07 Å². The molecular formula is C21H11Cl2F2N5O4. The quantitative estimate of drug-likeness (QED) is 0.428. The molecule has 13 heteroatoms. The number of nitrogens with zero attached hydrogens (tertiary/aromatic N) is 3. The molecular weight excluding hydrogens is 495 g/mol. The number of hydrogen-bond acceptors (Lipinski definition) is 6. The molecule has 0 spiro atoms. The Kier molecular flexibility index (Phi) is 5.16. The van der Waals surface area contributed by atoms with Gasteiger partial charge in [-0.1, -0.05) is 23.2 Å². The molecule has 0 fully saturated rings. The molecule has 172 valence electrons. The van der Waals surface area contributed by atoms with Crippen molar-refractivity contribution in [1.82, 2.24) is 19.7 Å². The van der Waals surface area contributed by atoms with E-state index in [-0.39, 0.29) is 39.0 Å². The van der Waals surface area contributed by atoms with Crippen LogP contribution in [-0.2, 0) is 11.3 Å². The van der Waals surface area contributed by atoms with Crippen molar-refractivity contribution in [3.63, 3.8) is 0 Å². The summed E-state index contributed by atoms with van der Waals surface area (Å²) in [5, 5.41) is 12.3. The van der Waals surface area contributed by atoms with Crippen LogP contribution in [0.2, 0.25) is 10.0 Å². The van der Waals surface area contributed by atoms with Crippen molar-refractivity contribution >= 4 is 34.1 Å². The summed E-state index contributed by atoms with van der Waals surface area (Å²) in [6, 6.07) is 4.82. The molecule has 1 unspecified atom stereocenters. The number of rotatable bonds is 3. The smallest absolute Gasteiger partial charge is 0.349 e. The highest BCUT2D eigenvalue weighted by Crippen LogP contribution is 2.44. The second-order valence-corrected chi connectivity index (χ2v) is 8.18. The summed E-state index contributed by atoms with van der Waals surface area (Å²) in [5.41, 5.74) is -1.39. The fraction of sp³-hybridized carbons (Fsp3) is 0.143. The number of H-pyrrole nitrogens is 2. The second kappa shape index (κ2) is 7.95. The van der Waals surface area contributed by atoms with Crippen molar-refractivity contribution in [2.24, 2.45) is 0 Å². The minimum atomic E-state index is -0.954. The number of fused-ring (bicyclic) bond motifs is 3. The Labute approximate surface area is 198 Å². The van der Waals surface area contributed by atoms with Crippen LogP contribution in [0.15, 0.2) is 27.8 Å². The van der Waals surface area contributed by atoms with Crippen LogP contribution in [0, 0.1) is 23.0 Å². The van der Waals surface area contributed by atoms with Gasteiger partial charge in [0, 0.05) is 22.7 Å². The molecule has 4 aromatic rings. The number of nitrogens with one attached hydrogen (secondary N) is 2. The van der Waals surface area contributed by atoms with E-state index < -0.39 is 40.4 Å². The van der Waals surface area contributed by atoms with Gasteiger partial charge in [-0.05, 0) is 19.1 Å². The molecule has 2 N–H and O–H groups in total. The molecule has 0 radical (unpaired) electrons. The summed E-state index contributed by atoms with van der Waals surface area (Å²) in [6.45, 7) is 1.92. The van der Waals surface area contributed by atoms with E-state index in [0.29, 0.717) is 15.9 Å². The topological polar surface area (TPSA) is 126 Å². The molecule has 0 amide bonds. The molecule has 34 heavy (non-hydrogen) atoms. The largest absolute Gasteiger partial charge is 0.451 e. The zero-order chi connectivity index (χ0) is 24.3.